The lowest BCUT2D eigenvalue weighted by molar-refractivity contribution is -0.118. The number of sulfone groups is 1. The van der Waals surface area contributed by atoms with E-state index in [1.54, 1.807) is 24.3 Å². The zero-order valence-corrected chi connectivity index (χ0v) is 13.3. The lowest BCUT2D eigenvalue weighted by Gasteiger charge is -2.09. The number of carbonyl (C=O) groups excluding carboxylic acids is 1. The zero-order chi connectivity index (χ0) is 16.2. The Morgan fingerprint density at radius 3 is 2.36 bits per heavy atom. The molecule has 0 fully saturated rings. The van der Waals surface area contributed by atoms with Crippen LogP contribution >= 0.6 is 11.6 Å². The number of anilines is 1. The molecule has 1 amide bonds. The van der Waals surface area contributed by atoms with Crippen LogP contribution in [0, 0.1) is 0 Å². The molecule has 0 heterocycles. The van der Waals surface area contributed by atoms with E-state index in [0.717, 1.165) is 6.26 Å². The number of carbonyl (C=O) groups is 1. The Morgan fingerprint density at radius 1 is 1.14 bits per heavy atom. The van der Waals surface area contributed by atoms with Gasteiger partial charge in [-0.3, -0.25) is 4.79 Å². The first-order chi connectivity index (χ1) is 10.4. The van der Waals surface area contributed by atoms with Crippen molar-refractivity contribution in [3.8, 4) is 5.75 Å². The highest BCUT2D eigenvalue weighted by atomic mass is 35.5. The van der Waals surface area contributed by atoms with Gasteiger partial charge in [0.2, 0.25) is 0 Å². The predicted octanol–water partition coefficient (Wildman–Crippen LogP) is 2.76. The van der Waals surface area contributed by atoms with Crippen molar-refractivity contribution in [2.75, 3.05) is 18.2 Å². The first kappa shape index (κ1) is 16.3. The Morgan fingerprint density at radius 2 is 1.77 bits per heavy atom. The summed E-state index contributed by atoms with van der Waals surface area (Å²) in [7, 11) is -3.25. The summed E-state index contributed by atoms with van der Waals surface area (Å²) < 4.78 is 28.0. The zero-order valence-electron chi connectivity index (χ0n) is 11.7. The molecule has 1 N–H and O–H groups in total. The third-order valence-corrected chi connectivity index (χ3v) is 4.20. The third-order valence-electron chi connectivity index (χ3n) is 2.76. The molecular formula is C15H14ClNO4S. The predicted molar refractivity (Wildman–Crippen MR) is 85.1 cm³/mol. The van der Waals surface area contributed by atoms with Crippen molar-refractivity contribution >= 4 is 33.0 Å². The normalized spacial score (nSPS) is 11.0. The fraction of sp³-hybridized carbons (Fsp3) is 0.133. The smallest absolute Gasteiger partial charge is 0.262 e. The maximum absolute atomic E-state index is 11.8. The Balaban J connectivity index is 1.94. The van der Waals surface area contributed by atoms with Crippen LogP contribution in [0.3, 0.4) is 0 Å². The number of ether oxygens (including phenoxy) is 1. The molecule has 0 saturated carbocycles. The van der Waals surface area contributed by atoms with Crippen molar-refractivity contribution in [3.05, 3.63) is 53.6 Å². The number of benzene rings is 2. The molecule has 0 spiro atoms. The first-order valence-corrected chi connectivity index (χ1v) is 8.60. The minimum atomic E-state index is -3.25. The van der Waals surface area contributed by atoms with Crippen LogP contribution < -0.4 is 10.1 Å². The van der Waals surface area contributed by atoms with Crippen LogP contribution in [0.5, 0.6) is 5.75 Å². The number of hydrogen-bond donors (Lipinski definition) is 1. The lowest BCUT2D eigenvalue weighted by atomic mass is 10.3. The van der Waals surface area contributed by atoms with Gasteiger partial charge >= 0.3 is 0 Å². The molecule has 0 bridgehead atoms. The summed E-state index contributed by atoms with van der Waals surface area (Å²) in [6.45, 7) is -0.197. The Bertz CT molecular complexity index is 772. The fourth-order valence-electron chi connectivity index (χ4n) is 1.69. The fourth-order valence-corrected chi connectivity index (χ4v) is 2.51. The average Bonchev–Trinajstić information content (AvgIpc) is 2.46. The molecule has 116 valence electrons. The van der Waals surface area contributed by atoms with Gasteiger partial charge in [-0.25, -0.2) is 8.42 Å². The molecule has 0 aliphatic carbocycles. The minimum Gasteiger partial charge on any atom is -0.482 e. The summed E-state index contributed by atoms with van der Waals surface area (Å²) in [4.78, 5) is 12.0. The molecule has 0 aliphatic rings. The maximum atomic E-state index is 11.8. The highest BCUT2D eigenvalue weighted by molar-refractivity contribution is 7.90. The van der Waals surface area contributed by atoms with Gasteiger partial charge in [-0.05, 0) is 36.4 Å². The highest BCUT2D eigenvalue weighted by Crippen LogP contribution is 2.23. The Kier molecular flexibility index (Phi) is 5.05. The van der Waals surface area contributed by atoms with Gasteiger partial charge in [-0.1, -0.05) is 23.7 Å². The molecule has 0 unspecified atom stereocenters. The lowest BCUT2D eigenvalue weighted by Crippen LogP contribution is -2.20. The van der Waals surface area contributed by atoms with Crippen LogP contribution in [0.1, 0.15) is 0 Å². The number of hydrogen-bond acceptors (Lipinski definition) is 4. The topological polar surface area (TPSA) is 72.5 Å². The van der Waals surface area contributed by atoms with Crippen molar-refractivity contribution in [2.45, 2.75) is 4.90 Å². The molecule has 0 aliphatic heterocycles. The maximum Gasteiger partial charge on any atom is 0.262 e. The molecule has 7 heteroatoms. The molecule has 0 radical (unpaired) electrons. The number of para-hydroxylation sites is 1. The average molecular weight is 340 g/mol. The van der Waals surface area contributed by atoms with E-state index in [-0.39, 0.29) is 17.4 Å². The van der Waals surface area contributed by atoms with E-state index in [4.69, 9.17) is 16.3 Å². The van der Waals surface area contributed by atoms with Crippen LogP contribution in [-0.4, -0.2) is 27.2 Å². The van der Waals surface area contributed by atoms with Crippen molar-refractivity contribution in [3.63, 3.8) is 0 Å². The van der Waals surface area contributed by atoms with Gasteiger partial charge in [-0.2, -0.15) is 0 Å². The van der Waals surface area contributed by atoms with Crippen LogP contribution in [0.4, 0.5) is 5.69 Å². The van der Waals surface area contributed by atoms with Crippen molar-refractivity contribution in [1.82, 2.24) is 0 Å². The van der Waals surface area contributed by atoms with Crippen molar-refractivity contribution in [2.24, 2.45) is 0 Å². The molecular weight excluding hydrogens is 326 g/mol. The van der Waals surface area contributed by atoms with Crippen LogP contribution in [0.2, 0.25) is 5.02 Å². The van der Waals surface area contributed by atoms with Gasteiger partial charge in [-0.15, -0.1) is 0 Å². The van der Waals surface area contributed by atoms with E-state index >= 15 is 0 Å². The molecule has 0 saturated heterocycles. The van der Waals surface area contributed by atoms with Crippen molar-refractivity contribution in [1.29, 1.82) is 0 Å². The molecule has 0 aromatic heterocycles. The quantitative estimate of drug-likeness (QED) is 0.909. The van der Waals surface area contributed by atoms with E-state index in [9.17, 15) is 13.2 Å². The molecule has 2 aromatic rings. The second kappa shape index (κ2) is 6.81. The van der Waals surface area contributed by atoms with Gasteiger partial charge in [0.15, 0.2) is 16.4 Å². The van der Waals surface area contributed by atoms with Gasteiger partial charge in [0.05, 0.1) is 9.92 Å². The molecule has 2 rings (SSSR count). The summed E-state index contributed by atoms with van der Waals surface area (Å²) in [5, 5.41) is 3.03. The van der Waals surface area contributed by atoms with Crippen LogP contribution in [-0.2, 0) is 14.6 Å². The van der Waals surface area contributed by atoms with E-state index in [1.165, 1.54) is 24.3 Å². The SMILES string of the molecule is CS(=O)(=O)c1ccc(NC(=O)COc2ccccc2Cl)cc1. The van der Waals surface area contributed by atoms with E-state index in [0.29, 0.717) is 16.5 Å². The molecule has 22 heavy (non-hydrogen) atoms. The second-order valence-electron chi connectivity index (χ2n) is 4.56. The van der Waals surface area contributed by atoms with Gasteiger partial charge in [0.25, 0.3) is 5.91 Å². The van der Waals surface area contributed by atoms with Gasteiger partial charge in [0, 0.05) is 11.9 Å². The minimum absolute atomic E-state index is 0.192. The number of nitrogens with one attached hydrogen (secondary N) is 1. The van der Waals surface area contributed by atoms with Crippen LogP contribution in [0.25, 0.3) is 0 Å². The van der Waals surface area contributed by atoms with Crippen LogP contribution in [0.15, 0.2) is 53.4 Å². The van der Waals surface area contributed by atoms with Gasteiger partial charge < -0.3 is 10.1 Å². The first-order valence-electron chi connectivity index (χ1n) is 6.33. The third kappa shape index (κ3) is 4.47. The van der Waals surface area contributed by atoms with E-state index in [1.807, 2.05) is 0 Å². The summed E-state index contributed by atoms with van der Waals surface area (Å²) in [6.07, 6.45) is 1.12. The largest absolute Gasteiger partial charge is 0.482 e. The van der Waals surface area contributed by atoms with E-state index < -0.39 is 9.84 Å². The Hall–Kier alpha value is -2.05. The monoisotopic (exact) mass is 339 g/mol. The Labute approximate surface area is 133 Å². The van der Waals surface area contributed by atoms with Crippen molar-refractivity contribution < 1.29 is 17.9 Å². The molecule has 5 nitrogen and oxygen atoms in total. The summed E-state index contributed by atoms with van der Waals surface area (Å²) in [5.41, 5.74) is 0.486. The number of halogens is 1. The summed E-state index contributed by atoms with van der Waals surface area (Å²) in [6, 6.07) is 12.7. The number of rotatable bonds is 5. The summed E-state index contributed by atoms with van der Waals surface area (Å²) >= 11 is 5.91. The standard InChI is InChI=1S/C15H14ClNO4S/c1-22(19,20)12-8-6-11(7-9-12)17-15(18)10-21-14-5-3-2-4-13(14)16/h2-9H,10H2,1H3,(H,17,18). The van der Waals surface area contributed by atoms with E-state index in [2.05, 4.69) is 5.32 Å². The number of amides is 1. The second-order valence-corrected chi connectivity index (χ2v) is 6.99. The molecule has 0 atom stereocenters. The molecule has 2 aromatic carbocycles. The van der Waals surface area contributed by atoms with Gasteiger partial charge in [0.1, 0.15) is 5.75 Å². The highest BCUT2D eigenvalue weighted by Gasteiger charge is 2.08. The summed E-state index contributed by atoms with van der Waals surface area (Å²) in [5.74, 6) is 0.0544.